The number of amidine groups is 1. The molecule has 1 N–H and O–H groups in total. The molecule has 0 amide bonds. The van der Waals surface area contributed by atoms with Gasteiger partial charge in [-0.2, -0.15) is 5.10 Å². The average Bonchev–Trinajstić information content (AvgIpc) is 2.33. The minimum atomic E-state index is 0.389. The van der Waals surface area contributed by atoms with Crippen molar-refractivity contribution in [2.45, 2.75) is 6.92 Å². The molecule has 0 aromatic carbocycles. The van der Waals surface area contributed by atoms with Gasteiger partial charge in [0.25, 0.3) is 0 Å². The minimum absolute atomic E-state index is 0.389. The van der Waals surface area contributed by atoms with Crippen LogP contribution in [0.25, 0.3) is 0 Å². The van der Waals surface area contributed by atoms with Crippen LogP contribution < -0.4 is 5.43 Å². The maximum atomic E-state index is 4.86. The summed E-state index contributed by atoms with van der Waals surface area (Å²) in [7, 11) is 4.20. The van der Waals surface area contributed by atoms with E-state index in [2.05, 4.69) is 45.7 Å². The molecule has 16 heavy (non-hydrogen) atoms. The zero-order valence-corrected chi connectivity index (χ0v) is 11.0. The topological polar surface area (TPSA) is 49.6 Å². The van der Waals surface area contributed by atoms with Crippen molar-refractivity contribution in [3.63, 3.8) is 0 Å². The van der Waals surface area contributed by atoms with Crippen molar-refractivity contribution < 1.29 is 15.1 Å². The second-order valence-electron chi connectivity index (χ2n) is 2.40. The van der Waals surface area contributed by atoms with Crippen LogP contribution in [0.1, 0.15) is 12.6 Å². The molecular weight excluding hydrogens is 295 g/mol. The number of aliphatic imine (C=N–C) groups is 1. The van der Waals surface area contributed by atoms with Gasteiger partial charge in [-0.05, 0) is 24.2 Å². The fraction of sp³-hybridized carbons (Fsp3) is 0.222. The number of aromatic nitrogens is 1. The number of rotatable bonds is 3. The van der Waals surface area contributed by atoms with E-state index in [-0.39, 0.29) is 0 Å². The van der Waals surface area contributed by atoms with Gasteiger partial charge in [0.15, 0.2) is 0 Å². The van der Waals surface area contributed by atoms with E-state index in [1.807, 2.05) is 25.1 Å². The molecule has 0 aliphatic heterocycles. The predicted molar refractivity (Wildman–Crippen MR) is 66.2 cm³/mol. The summed E-state index contributed by atoms with van der Waals surface area (Å²) in [6.07, 6.45) is 3.30. The third-order valence-electron chi connectivity index (χ3n) is 1.35. The standard InChI is InChI=1S/C9H12N4S.ClH.Cu/c1-2-10-9(14)13-12-7-8-5-3-4-6-11-8;;/h3-7H,2H2,1H3,(H2,10,13,14);1H;/q;;+2/p-2/b12-7+;;. The van der Waals surface area contributed by atoms with Crippen molar-refractivity contribution in [3.8, 4) is 0 Å². The van der Waals surface area contributed by atoms with Crippen molar-refractivity contribution >= 4 is 34.1 Å². The van der Waals surface area contributed by atoms with E-state index in [1.165, 1.54) is 0 Å². The second kappa shape index (κ2) is 10.8. The van der Waals surface area contributed by atoms with E-state index < -0.39 is 0 Å². The van der Waals surface area contributed by atoms with Crippen LogP contribution >= 0.6 is 10.1 Å². The van der Waals surface area contributed by atoms with Crippen molar-refractivity contribution in [1.29, 1.82) is 0 Å². The first kappa shape index (κ1) is 15.3. The fourth-order valence-electron chi connectivity index (χ4n) is 0.785. The van der Waals surface area contributed by atoms with Gasteiger partial charge in [-0.15, -0.1) is 0 Å². The Hall–Kier alpha value is -0.681. The van der Waals surface area contributed by atoms with Gasteiger partial charge in [0.2, 0.25) is 0 Å². The van der Waals surface area contributed by atoms with Crippen LogP contribution in [0.2, 0.25) is 0 Å². The van der Waals surface area contributed by atoms with Gasteiger partial charge in [-0.3, -0.25) is 15.4 Å². The number of hydrazone groups is 1. The Morgan fingerprint density at radius 1 is 1.62 bits per heavy atom. The number of nitrogens with one attached hydrogen (secondary N) is 1. The van der Waals surface area contributed by atoms with Crippen LogP contribution in [0.5, 0.6) is 0 Å². The summed E-state index contributed by atoms with van der Waals surface area (Å²) in [6, 6.07) is 5.59. The van der Waals surface area contributed by atoms with Gasteiger partial charge in [-0.25, -0.2) is 0 Å². The van der Waals surface area contributed by atoms with Crippen LogP contribution in [0.15, 0.2) is 34.5 Å². The number of pyridine rings is 1. The van der Waals surface area contributed by atoms with Crippen LogP contribution in [-0.2, 0) is 27.7 Å². The molecule has 0 saturated carbocycles. The van der Waals surface area contributed by atoms with Crippen molar-refractivity contribution in [2.24, 2.45) is 10.1 Å². The zero-order chi connectivity index (χ0) is 12.2. The van der Waals surface area contributed by atoms with Crippen LogP contribution in [0.4, 0.5) is 0 Å². The molecule has 0 saturated heterocycles. The van der Waals surface area contributed by atoms with Crippen LogP contribution in [0, 0.1) is 0 Å². The molecule has 0 bridgehead atoms. The average molecular weight is 306 g/mol. The molecule has 0 fully saturated rings. The zero-order valence-electron chi connectivity index (χ0n) is 8.52. The molecule has 0 radical (unpaired) electrons. The maximum absolute atomic E-state index is 4.86. The SMILES string of the molecule is CCN=C([S-])N/N=C/c1ccccn1.[Cl][Cu+]. The van der Waals surface area contributed by atoms with Crippen molar-refractivity contribution in [1.82, 2.24) is 10.4 Å². The second-order valence-corrected chi connectivity index (χ2v) is 2.79. The Balaban J connectivity index is 0.00000106. The molecule has 0 unspecified atom stereocenters. The molecule has 1 rings (SSSR count). The molecule has 1 aromatic heterocycles. The molecule has 0 aliphatic carbocycles. The molecule has 0 atom stereocenters. The van der Waals surface area contributed by atoms with Gasteiger partial charge in [0, 0.05) is 12.7 Å². The number of halogens is 1. The molecular formula is C9H11ClCuN4S. The van der Waals surface area contributed by atoms with E-state index in [0.29, 0.717) is 11.7 Å². The monoisotopic (exact) mass is 305 g/mol. The molecule has 91 valence electrons. The normalized spacial score (nSPS) is 10.9. The first-order valence-electron chi connectivity index (χ1n) is 4.36. The summed E-state index contributed by atoms with van der Waals surface area (Å²) in [5.41, 5.74) is 3.40. The first-order chi connectivity index (χ1) is 7.83. The molecule has 1 aromatic rings. The Labute approximate surface area is 113 Å². The van der Waals surface area contributed by atoms with Crippen LogP contribution in [0.3, 0.4) is 0 Å². The van der Waals surface area contributed by atoms with Crippen LogP contribution in [-0.4, -0.2) is 22.9 Å². The van der Waals surface area contributed by atoms with E-state index in [0.717, 1.165) is 5.69 Å². The summed E-state index contributed by atoms with van der Waals surface area (Å²) < 4.78 is 0. The summed E-state index contributed by atoms with van der Waals surface area (Å²) >= 11 is 8.52. The van der Waals surface area contributed by atoms with Crippen molar-refractivity contribution in [2.75, 3.05) is 6.54 Å². The predicted octanol–water partition coefficient (Wildman–Crippen LogP) is 1.61. The molecule has 7 heteroatoms. The molecule has 0 spiro atoms. The quantitative estimate of drug-likeness (QED) is 0.303. The molecule has 1 heterocycles. The van der Waals surface area contributed by atoms with Gasteiger partial charge in [-0.1, -0.05) is 6.07 Å². The summed E-state index contributed by atoms with van der Waals surface area (Å²) in [4.78, 5) is 8.00. The first-order valence-corrected chi connectivity index (χ1v) is 6.06. The molecule has 0 aliphatic rings. The van der Waals surface area contributed by atoms with Gasteiger partial charge in [0.1, 0.15) is 0 Å². The summed E-state index contributed by atoms with van der Waals surface area (Å²) in [5.74, 6) is 0. The van der Waals surface area contributed by atoms with E-state index in [9.17, 15) is 0 Å². The Morgan fingerprint density at radius 3 is 2.94 bits per heavy atom. The van der Waals surface area contributed by atoms with Gasteiger partial charge in [0.05, 0.1) is 11.9 Å². The Kier molecular flexibility index (Phi) is 10.4. The Bertz CT molecular complexity index is 332. The third kappa shape index (κ3) is 7.59. The number of hydrogen-bond donors (Lipinski definition) is 1. The van der Waals surface area contributed by atoms with E-state index >= 15 is 0 Å². The third-order valence-corrected chi connectivity index (χ3v) is 1.57. The van der Waals surface area contributed by atoms with E-state index in [4.69, 9.17) is 12.6 Å². The number of nitrogens with zero attached hydrogens (tertiary/aromatic N) is 3. The summed E-state index contributed by atoms with van der Waals surface area (Å²) in [6.45, 7) is 2.57. The Morgan fingerprint density at radius 2 is 2.38 bits per heavy atom. The van der Waals surface area contributed by atoms with Crippen molar-refractivity contribution in [3.05, 3.63) is 30.1 Å². The fourth-order valence-corrected chi connectivity index (χ4v) is 0.967. The molecule has 4 nitrogen and oxygen atoms in total. The summed E-state index contributed by atoms with van der Waals surface area (Å²) in [5, 5.41) is 4.28. The number of hydrogen-bond acceptors (Lipinski definition) is 4. The van der Waals surface area contributed by atoms with E-state index in [1.54, 1.807) is 12.4 Å². The van der Waals surface area contributed by atoms with Gasteiger partial charge < -0.3 is 12.6 Å². The van der Waals surface area contributed by atoms with Gasteiger partial charge >= 0.3 is 25.2 Å².